The Hall–Kier alpha value is -3.36. The maximum Gasteiger partial charge on any atom is 0.251 e. The van der Waals surface area contributed by atoms with Gasteiger partial charge in [-0.3, -0.25) is 9.59 Å². The van der Waals surface area contributed by atoms with E-state index in [2.05, 4.69) is 29.5 Å². The Balaban J connectivity index is 1.38. The van der Waals surface area contributed by atoms with Crippen LogP contribution in [0.15, 0.2) is 59.4 Å². The molecule has 0 aliphatic carbocycles. The Morgan fingerprint density at radius 3 is 2.44 bits per heavy atom. The van der Waals surface area contributed by atoms with E-state index in [1.807, 2.05) is 30.3 Å². The second kappa shape index (κ2) is 12.7. The summed E-state index contributed by atoms with van der Waals surface area (Å²) in [5.41, 5.74) is 4.22. The number of β-amino-alcohol motifs (C(OH)–C–C–N with tert-alkyl or cyclic N) is 1. The molecular weight excluding hydrogens is 561 g/mol. The van der Waals surface area contributed by atoms with Crippen LogP contribution in [-0.2, 0) is 24.2 Å². The van der Waals surface area contributed by atoms with Crippen molar-refractivity contribution in [3.05, 3.63) is 108 Å². The zero-order valence-electron chi connectivity index (χ0n) is 23.6. The third-order valence-electron chi connectivity index (χ3n) is 7.13. The molecule has 1 heterocycles. The van der Waals surface area contributed by atoms with Crippen LogP contribution in [0.1, 0.15) is 53.3 Å². The maximum atomic E-state index is 12.6. The number of aromatic nitrogens is 1. The molecule has 4 aromatic rings. The van der Waals surface area contributed by atoms with E-state index in [4.69, 9.17) is 23.2 Å². The van der Waals surface area contributed by atoms with Crippen molar-refractivity contribution in [1.82, 2.24) is 15.6 Å². The van der Waals surface area contributed by atoms with Gasteiger partial charge in [0.05, 0.1) is 28.1 Å². The van der Waals surface area contributed by atoms with Gasteiger partial charge in [-0.2, -0.15) is 0 Å². The molecule has 1 atom stereocenters. The first-order valence-corrected chi connectivity index (χ1v) is 14.2. The number of phenols is 1. The lowest BCUT2D eigenvalue weighted by Crippen LogP contribution is -2.43. The van der Waals surface area contributed by atoms with E-state index < -0.39 is 6.10 Å². The number of phenolic OH excluding ortho intramolecular Hbond substituents is 1. The summed E-state index contributed by atoms with van der Waals surface area (Å²) in [6.45, 7) is 8.17. The number of H-pyrrole nitrogens is 1. The summed E-state index contributed by atoms with van der Waals surface area (Å²) < 4.78 is 0. The van der Waals surface area contributed by atoms with Crippen molar-refractivity contribution >= 4 is 40.0 Å². The molecule has 4 rings (SSSR count). The molecule has 0 bridgehead atoms. The predicted molar refractivity (Wildman–Crippen MR) is 165 cm³/mol. The third-order valence-corrected chi connectivity index (χ3v) is 7.87. The van der Waals surface area contributed by atoms with E-state index in [1.54, 1.807) is 38.1 Å². The Morgan fingerprint density at radius 1 is 0.976 bits per heavy atom. The lowest BCUT2D eigenvalue weighted by Gasteiger charge is -2.29. The van der Waals surface area contributed by atoms with Crippen molar-refractivity contribution in [1.29, 1.82) is 0 Å². The number of carbonyl (C=O) groups is 1. The molecule has 0 radical (unpaired) electrons. The monoisotopic (exact) mass is 595 g/mol. The van der Waals surface area contributed by atoms with Crippen LogP contribution < -0.4 is 16.2 Å². The van der Waals surface area contributed by atoms with E-state index in [-0.39, 0.29) is 35.7 Å². The number of aryl methyl sites for hydroxylation is 2. The minimum absolute atomic E-state index is 0.00396. The average molecular weight is 597 g/mol. The Kier molecular flexibility index (Phi) is 9.44. The third kappa shape index (κ3) is 7.68. The second-order valence-electron chi connectivity index (χ2n) is 11.2. The van der Waals surface area contributed by atoms with Gasteiger partial charge < -0.3 is 25.8 Å². The number of aromatic hydroxyl groups is 1. The smallest absolute Gasteiger partial charge is 0.251 e. The fourth-order valence-electron chi connectivity index (χ4n) is 4.90. The lowest BCUT2D eigenvalue weighted by atomic mass is 9.92. The molecule has 0 unspecified atom stereocenters. The van der Waals surface area contributed by atoms with Crippen molar-refractivity contribution in [2.45, 2.75) is 58.7 Å². The Labute approximate surface area is 249 Å². The molecule has 5 N–H and O–H groups in total. The number of nitrogens with one attached hydrogen (secondary N) is 3. The first-order valence-electron chi connectivity index (χ1n) is 13.4. The number of benzene rings is 3. The molecule has 0 spiro atoms. The molecule has 41 heavy (non-hydrogen) atoms. The molecule has 0 saturated heterocycles. The van der Waals surface area contributed by atoms with Gasteiger partial charge >= 0.3 is 0 Å². The van der Waals surface area contributed by atoms with Crippen LogP contribution >= 0.6 is 23.2 Å². The summed E-state index contributed by atoms with van der Waals surface area (Å²) in [5.74, 6) is -0.0917. The van der Waals surface area contributed by atoms with Gasteiger partial charge in [-0.15, -0.1) is 0 Å². The quantitative estimate of drug-likeness (QED) is 0.162. The van der Waals surface area contributed by atoms with Crippen molar-refractivity contribution in [2.24, 2.45) is 0 Å². The van der Waals surface area contributed by atoms with Crippen LogP contribution in [0.4, 0.5) is 0 Å². The van der Waals surface area contributed by atoms with Gasteiger partial charge in [0, 0.05) is 29.6 Å². The molecule has 0 aliphatic rings. The summed E-state index contributed by atoms with van der Waals surface area (Å²) in [6, 6.07) is 16.6. The highest BCUT2D eigenvalue weighted by atomic mass is 35.5. The highest BCUT2D eigenvalue weighted by Gasteiger charge is 2.22. The fraction of sp³-hybridized carbons (Fsp3) is 0.312. The first-order chi connectivity index (χ1) is 19.3. The molecule has 9 heteroatoms. The molecule has 0 aliphatic heterocycles. The van der Waals surface area contributed by atoms with E-state index in [9.17, 15) is 19.8 Å². The van der Waals surface area contributed by atoms with Crippen molar-refractivity contribution in [2.75, 3.05) is 6.54 Å². The summed E-state index contributed by atoms with van der Waals surface area (Å²) in [5, 5.41) is 29.5. The molecule has 3 aromatic carbocycles. The van der Waals surface area contributed by atoms with Gasteiger partial charge in [0.1, 0.15) is 5.75 Å². The number of aliphatic hydroxyl groups excluding tert-OH is 1. The van der Waals surface area contributed by atoms with Crippen LogP contribution in [0, 0.1) is 13.8 Å². The van der Waals surface area contributed by atoms with E-state index in [0.717, 1.165) is 16.7 Å². The van der Waals surface area contributed by atoms with Gasteiger partial charge in [0.15, 0.2) is 0 Å². The van der Waals surface area contributed by atoms with Crippen LogP contribution in [0.25, 0.3) is 10.9 Å². The molecule has 7 nitrogen and oxygen atoms in total. The molecule has 1 amide bonds. The van der Waals surface area contributed by atoms with Gasteiger partial charge in [-0.1, -0.05) is 53.5 Å². The largest absolute Gasteiger partial charge is 0.505 e. The number of hydrogen-bond acceptors (Lipinski definition) is 5. The number of hydrogen-bond donors (Lipinski definition) is 5. The summed E-state index contributed by atoms with van der Waals surface area (Å²) in [4.78, 5) is 27.4. The van der Waals surface area contributed by atoms with Crippen LogP contribution in [0.3, 0.4) is 0 Å². The number of halogens is 2. The van der Waals surface area contributed by atoms with Crippen molar-refractivity contribution < 1.29 is 15.0 Å². The zero-order chi connectivity index (χ0) is 29.9. The second-order valence-corrected chi connectivity index (χ2v) is 12.0. The van der Waals surface area contributed by atoms with E-state index in [1.165, 1.54) is 0 Å². The molecule has 1 aromatic heterocycles. The number of pyridine rings is 1. The number of rotatable bonds is 10. The molecular formula is C32H35Cl2N3O4. The Bertz CT molecular complexity index is 1650. The highest BCUT2D eigenvalue weighted by molar-refractivity contribution is 6.42. The first kappa shape index (κ1) is 30.6. The highest BCUT2D eigenvalue weighted by Crippen LogP contribution is 2.33. The minimum Gasteiger partial charge on any atom is -0.505 e. The molecule has 0 fully saturated rings. The minimum atomic E-state index is -0.869. The summed E-state index contributed by atoms with van der Waals surface area (Å²) in [6.07, 6.45) is 0.0449. The summed E-state index contributed by atoms with van der Waals surface area (Å²) in [7, 11) is 0. The topological polar surface area (TPSA) is 114 Å². The van der Waals surface area contributed by atoms with Crippen LogP contribution in [0.2, 0.25) is 10.0 Å². The zero-order valence-corrected chi connectivity index (χ0v) is 25.1. The number of amides is 1. The SMILES string of the molecule is Cc1cc([C@@H](O)CNC(C)(C)Cc2cccc(CC(=O)NCc3ccc(Cl)c(Cl)c3)c2)c2cc(C)c(=O)[nH]c2c1O. The normalized spacial score (nSPS) is 12.5. The molecule has 216 valence electrons. The number of fused-ring (bicyclic) bond motifs is 1. The maximum absolute atomic E-state index is 12.6. The fourth-order valence-corrected chi connectivity index (χ4v) is 5.22. The van der Waals surface area contributed by atoms with Crippen LogP contribution in [0.5, 0.6) is 5.75 Å². The lowest BCUT2D eigenvalue weighted by molar-refractivity contribution is -0.120. The van der Waals surface area contributed by atoms with Gasteiger partial charge in [-0.05, 0) is 86.2 Å². The standard InChI is InChI=1S/C32H35Cl2N3O4/c1-18-10-23(24-11-19(2)31(41)37-29(24)30(18)40)27(38)17-36-32(3,4)15-21-7-5-6-20(12-21)14-28(39)35-16-22-8-9-25(33)26(34)13-22/h5-13,27,36,38,40H,14-17H2,1-4H3,(H,35,39)(H,37,41)/t27-/m0/s1. The number of aliphatic hydroxyl groups is 1. The average Bonchev–Trinajstić information content (AvgIpc) is 2.91. The Morgan fingerprint density at radius 2 is 1.71 bits per heavy atom. The van der Waals surface area contributed by atoms with E-state index in [0.29, 0.717) is 50.6 Å². The number of aromatic amines is 1. The van der Waals surface area contributed by atoms with Gasteiger partial charge in [0.2, 0.25) is 5.91 Å². The molecule has 0 saturated carbocycles. The van der Waals surface area contributed by atoms with Crippen LogP contribution in [-0.4, -0.2) is 33.2 Å². The predicted octanol–water partition coefficient (Wildman–Crippen LogP) is 5.66. The summed E-state index contributed by atoms with van der Waals surface area (Å²) >= 11 is 12.0. The van der Waals surface area contributed by atoms with Crippen molar-refractivity contribution in [3.63, 3.8) is 0 Å². The number of carbonyl (C=O) groups excluding carboxylic acids is 1. The van der Waals surface area contributed by atoms with Gasteiger partial charge in [-0.25, -0.2) is 0 Å². The van der Waals surface area contributed by atoms with Gasteiger partial charge in [0.25, 0.3) is 5.56 Å². The van der Waals surface area contributed by atoms with E-state index >= 15 is 0 Å². The van der Waals surface area contributed by atoms with Crippen molar-refractivity contribution in [3.8, 4) is 5.75 Å².